The van der Waals surface area contributed by atoms with Crippen LogP contribution in [0, 0.1) is 5.41 Å². The van der Waals surface area contributed by atoms with Crippen LogP contribution < -0.4 is 15.4 Å². The van der Waals surface area contributed by atoms with Crippen LogP contribution in [0.3, 0.4) is 0 Å². The smallest absolute Gasteiger partial charge is 0.166 e. The summed E-state index contributed by atoms with van der Waals surface area (Å²) in [5.74, 6) is 0.896. The third-order valence-corrected chi connectivity index (χ3v) is 4.42. The molecule has 0 heterocycles. The molecule has 1 fully saturated rings. The van der Waals surface area contributed by atoms with E-state index in [0.717, 1.165) is 23.8 Å². The van der Waals surface area contributed by atoms with Gasteiger partial charge in [0, 0.05) is 12.6 Å². The Balaban J connectivity index is 1.67. The second kappa shape index (κ2) is 7.12. The van der Waals surface area contributed by atoms with Gasteiger partial charge in [-0.05, 0) is 61.0 Å². The first-order chi connectivity index (χ1) is 9.98. The standard InChI is InChI=1S/C17H26N2OS/c1-17(2)10-8-14(12-17)19-16(21)18-11-9-13-4-6-15(20-3)7-5-13/h4-7,14H,8-12H2,1-3H3,(H2,18,19,21). The van der Waals surface area contributed by atoms with Crippen molar-refractivity contribution < 1.29 is 4.74 Å². The van der Waals surface area contributed by atoms with Crippen molar-refractivity contribution in [3.63, 3.8) is 0 Å². The van der Waals surface area contributed by atoms with Crippen molar-refractivity contribution in [2.24, 2.45) is 5.41 Å². The topological polar surface area (TPSA) is 33.3 Å². The molecule has 4 heteroatoms. The highest BCUT2D eigenvalue weighted by Gasteiger charge is 2.30. The third kappa shape index (κ3) is 5.20. The summed E-state index contributed by atoms with van der Waals surface area (Å²) in [6, 6.07) is 8.70. The van der Waals surface area contributed by atoms with Gasteiger partial charge in [-0.3, -0.25) is 0 Å². The summed E-state index contributed by atoms with van der Waals surface area (Å²) in [6.45, 7) is 5.51. The van der Waals surface area contributed by atoms with Gasteiger partial charge >= 0.3 is 0 Å². The molecule has 1 saturated carbocycles. The molecule has 1 atom stereocenters. The molecule has 0 spiro atoms. The molecule has 21 heavy (non-hydrogen) atoms. The lowest BCUT2D eigenvalue weighted by atomic mass is 9.92. The minimum atomic E-state index is 0.455. The van der Waals surface area contributed by atoms with Gasteiger partial charge in [0.05, 0.1) is 7.11 Å². The van der Waals surface area contributed by atoms with E-state index < -0.39 is 0 Å². The first-order valence-electron chi connectivity index (χ1n) is 7.66. The van der Waals surface area contributed by atoms with Crippen molar-refractivity contribution in [3.8, 4) is 5.75 Å². The number of benzene rings is 1. The molecule has 0 radical (unpaired) electrons. The molecule has 1 aliphatic rings. The van der Waals surface area contributed by atoms with E-state index in [9.17, 15) is 0 Å². The highest BCUT2D eigenvalue weighted by atomic mass is 32.1. The quantitative estimate of drug-likeness (QED) is 0.818. The summed E-state index contributed by atoms with van der Waals surface area (Å²) in [5.41, 5.74) is 1.74. The van der Waals surface area contributed by atoms with Gasteiger partial charge in [-0.1, -0.05) is 26.0 Å². The summed E-state index contributed by atoms with van der Waals surface area (Å²) in [7, 11) is 1.69. The van der Waals surface area contributed by atoms with Gasteiger partial charge in [0.1, 0.15) is 5.75 Å². The zero-order chi connectivity index (χ0) is 15.3. The van der Waals surface area contributed by atoms with Gasteiger partial charge in [0.25, 0.3) is 0 Å². The zero-order valence-electron chi connectivity index (χ0n) is 13.2. The first-order valence-corrected chi connectivity index (χ1v) is 8.07. The average molecular weight is 306 g/mol. The molecule has 1 aromatic carbocycles. The molecule has 2 rings (SSSR count). The number of hydrogen-bond donors (Lipinski definition) is 2. The molecular weight excluding hydrogens is 280 g/mol. The van der Waals surface area contributed by atoms with Crippen molar-refractivity contribution in [2.45, 2.75) is 45.6 Å². The van der Waals surface area contributed by atoms with Crippen LogP contribution in [0.1, 0.15) is 38.7 Å². The van der Waals surface area contributed by atoms with E-state index in [4.69, 9.17) is 17.0 Å². The lowest BCUT2D eigenvalue weighted by Crippen LogP contribution is -2.41. The Labute approximate surface area is 133 Å². The fourth-order valence-electron chi connectivity index (χ4n) is 2.91. The molecular formula is C17H26N2OS. The van der Waals surface area contributed by atoms with Crippen molar-refractivity contribution in [1.82, 2.24) is 10.6 Å². The molecule has 0 aromatic heterocycles. The lowest BCUT2D eigenvalue weighted by molar-refractivity contribution is 0.372. The normalized spacial score (nSPS) is 20.0. The maximum Gasteiger partial charge on any atom is 0.166 e. The summed E-state index contributed by atoms with van der Waals surface area (Å²) in [6.07, 6.45) is 4.65. The van der Waals surface area contributed by atoms with E-state index in [2.05, 4.69) is 36.6 Å². The van der Waals surface area contributed by atoms with Gasteiger partial charge in [-0.15, -0.1) is 0 Å². The number of thiocarbonyl (C=S) groups is 1. The molecule has 0 saturated heterocycles. The third-order valence-electron chi connectivity index (χ3n) is 4.16. The van der Waals surface area contributed by atoms with Crippen LogP contribution in [0.2, 0.25) is 0 Å². The van der Waals surface area contributed by atoms with Gasteiger partial charge in [-0.2, -0.15) is 0 Å². The molecule has 1 aliphatic carbocycles. The number of hydrogen-bond acceptors (Lipinski definition) is 2. The molecule has 116 valence electrons. The molecule has 0 amide bonds. The maximum absolute atomic E-state index is 5.38. The minimum Gasteiger partial charge on any atom is -0.497 e. The summed E-state index contributed by atoms with van der Waals surface area (Å²) in [4.78, 5) is 0. The Morgan fingerprint density at radius 2 is 2.05 bits per heavy atom. The molecule has 2 N–H and O–H groups in total. The Bertz CT molecular complexity index is 470. The van der Waals surface area contributed by atoms with Gasteiger partial charge < -0.3 is 15.4 Å². The summed E-state index contributed by atoms with van der Waals surface area (Å²) >= 11 is 5.38. The molecule has 1 unspecified atom stereocenters. The fraction of sp³-hybridized carbons (Fsp3) is 0.588. The Morgan fingerprint density at radius 3 is 2.62 bits per heavy atom. The Morgan fingerprint density at radius 1 is 1.33 bits per heavy atom. The number of methoxy groups -OCH3 is 1. The second-order valence-corrected chi connectivity index (χ2v) is 7.01. The van der Waals surface area contributed by atoms with E-state index in [-0.39, 0.29) is 0 Å². The minimum absolute atomic E-state index is 0.455. The van der Waals surface area contributed by atoms with E-state index in [1.54, 1.807) is 7.11 Å². The van der Waals surface area contributed by atoms with Gasteiger partial charge in [0.15, 0.2) is 5.11 Å². The van der Waals surface area contributed by atoms with Crippen molar-refractivity contribution in [2.75, 3.05) is 13.7 Å². The number of rotatable bonds is 5. The molecule has 0 aliphatic heterocycles. The molecule has 0 bridgehead atoms. The maximum atomic E-state index is 5.38. The molecule has 3 nitrogen and oxygen atoms in total. The number of ether oxygens (including phenoxy) is 1. The van der Waals surface area contributed by atoms with Gasteiger partial charge in [0.2, 0.25) is 0 Å². The van der Waals surface area contributed by atoms with E-state index in [0.29, 0.717) is 11.5 Å². The van der Waals surface area contributed by atoms with Crippen molar-refractivity contribution >= 4 is 17.3 Å². The monoisotopic (exact) mass is 306 g/mol. The highest BCUT2D eigenvalue weighted by Crippen LogP contribution is 2.36. The molecule has 1 aromatic rings. The predicted molar refractivity (Wildman–Crippen MR) is 91.9 cm³/mol. The van der Waals surface area contributed by atoms with Crippen LogP contribution in [-0.4, -0.2) is 24.8 Å². The summed E-state index contributed by atoms with van der Waals surface area (Å²) in [5, 5.41) is 7.53. The highest BCUT2D eigenvalue weighted by molar-refractivity contribution is 7.80. The summed E-state index contributed by atoms with van der Waals surface area (Å²) < 4.78 is 5.16. The van der Waals surface area contributed by atoms with E-state index in [1.807, 2.05) is 12.1 Å². The fourth-order valence-corrected chi connectivity index (χ4v) is 3.18. The van der Waals surface area contributed by atoms with Crippen LogP contribution in [0.4, 0.5) is 0 Å². The first kappa shape index (κ1) is 16.1. The van der Waals surface area contributed by atoms with Crippen LogP contribution in [0.15, 0.2) is 24.3 Å². The van der Waals surface area contributed by atoms with Crippen molar-refractivity contribution in [3.05, 3.63) is 29.8 Å². The van der Waals surface area contributed by atoms with E-state index in [1.165, 1.54) is 24.8 Å². The lowest BCUT2D eigenvalue weighted by Gasteiger charge is -2.19. The van der Waals surface area contributed by atoms with Crippen LogP contribution in [0.5, 0.6) is 5.75 Å². The van der Waals surface area contributed by atoms with Crippen molar-refractivity contribution in [1.29, 1.82) is 0 Å². The van der Waals surface area contributed by atoms with Crippen LogP contribution in [-0.2, 0) is 6.42 Å². The van der Waals surface area contributed by atoms with E-state index >= 15 is 0 Å². The van der Waals surface area contributed by atoms with Crippen LogP contribution >= 0.6 is 12.2 Å². The van der Waals surface area contributed by atoms with Gasteiger partial charge in [-0.25, -0.2) is 0 Å². The predicted octanol–water partition coefficient (Wildman–Crippen LogP) is 3.28. The average Bonchev–Trinajstić information content (AvgIpc) is 2.78. The largest absolute Gasteiger partial charge is 0.497 e. The van der Waals surface area contributed by atoms with Crippen LogP contribution in [0.25, 0.3) is 0 Å². The SMILES string of the molecule is COc1ccc(CCNC(=S)NC2CCC(C)(C)C2)cc1. The Hall–Kier alpha value is -1.29. The zero-order valence-corrected chi connectivity index (χ0v) is 14.1. The second-order valence-electron chi connectivity index (χ2n) is 6.60. The number of nitrogens with one attached hydrogen (secondary N) is 2. The Kier molecular flexibility index (Phi) is 5.45.